The normalized spacial score (nSPS) is 11.0. The third-order valence-electron chi connectivity index (χ3n) is 2.88. The van der Waals surface area contributed by atoms with Crippen LogP contribution in [0.4, 0.5) is 5.69 Å². The fraction of sp³-hybridized carbons (Fsp3) is 0.214. The van der Waals surface area contributed by atoms with Crippen molar-refractivity contribution in [2.75, 3.05) is 19.5 Å². The highest BCUT2D eigenvalue weighted by Crippen LogP contribution is 2.15. The van der Waals surface area contributed by atoms with Gasteiger partial charge in [-0.1, -0.05) is 0 Å². The Morgan fingerprint density at radius 3 is 2.39 bits per heavy atom. The quantitative estimate of drug-likeness (QED) is 0.631. The van der Waals surface area contributed by atoms with E-state index < -0.39 is 11.9 Å². The molecule has 0 amide bonds. The van der Waals surface area contributed by atoms with Gasteiger partial charge in [0.05, 0.1) is 26.0 Å². The van der Waals surface area contributed by atoms with Crippen LogP contribution in [0.1, 0.15) is 5.82 Å². The van der Waals surface area contributed by atoms with Crippen LogP contribution in [-0.2, 0) is 19.1 Å². The number of nitrogens with zero attached hydrogens (tertiary/aromatic N) is 4. The molecule has 0 radical (unpaired) electrons. The molecule has 1 aromatic heterocycles. The van der Waals surface area contributed by atoms with E-state index in [-0.39, 0.29) is 5.70 Å². The number of aromatic nitrogens is 4. The lowest BCUT2D eigenvalue weighted by molar-refractivity contribution is -0.138. The van der Waals surface area contributed by atoms with Crippen LogP contribution >= 0.6 is 0 Å². The Labute approximate surface area is 131 Å². The van der Waals surface area contributed by atoms with Gasteiger partial charge in [0.25, 0.3) is 0 Å². The molecule has 1 aromatic carbocycles. The second kappa shape index (κ2) is 7.16. The molecular formula is C14H15N5O4. The molecule has 0 bridgehead atoms. The summed E-state index contributed by atoms with van der Waals surface area (Å²) in [6.45, 7) is 1.78. The number of esters is 2. The van der Waals surface area contributed by atoms with E-state index in [1.807, 2.05) is 0 Å². The minimum Gasteiger partial charge on any atom is -0.466 e. The monoisotopic (exact) mass is 317 g/mol. The molecule has 0 fully saturated rings. The molecule has 0 aliphatic heterocycles. The number of carbonyl (C=O) groups is 2. The Morgan fingerprint density at radius 1 is 1.17 bits per heavy atom. The van der Waals surface area contributed by atoms with Crippen LogP contribution in [0.15, 0.2) is 36.0 Å². The van der Waals surface area contributed by atoms with Crippen LogP contribution in [0.2, 0.25) is 0 Å². The minimum absolute atomic E-state index is 0.0364. The predicted molar refractivity (Wildman–Crippen MR) is 79.6 cm³/mol. The van der Waals surface area contributed by atoms with Gasteiger partial charge >= 0.3 is 11.9 Å². The Morgan fingerprint density at radius 2 is 1.87 bits per heavy atom. The van der Waals surface area contributed by atoms with E-state index in [0.29, 0.717) is 11.5 Å². The number of methoxy groups -OCH3 is 2. The fourth-order valence-electron chi connectivity index (χ4n) is 1.74. The summed E-state index contributed by atoms with van der Waals surface area (Å²) in [5.41, 5.74) is 1.31. The largest absolute Gasteiger partial charge is 0.466 e. The van der Waals surface area contributed by atoms with Crippen LogP contribution < -0.4 is 5.32 Å². The van der Waals surface area contributed by atoms with E-state index in [1.165, 1.54) is 14.2 Å². The van der Waals surface area contributed by atoms with Crippen LogP contribution in [0.25, 0.3) is 5.69 Å². The highest BCUT2D eigenvalue weighted by Gasteiger charge is 2.13. The maximum Gasteiger partial charge on any atom is 0.354 e. The first kappa shape index (κ1) is 16.1. The number of tetrazole rings is 1. The molecule has 9 nitrogen and oxygen atoms in total. The molecule has 0 unspecified atom stereocenters. The number of nitrogens with one attached hydrogen (secondary N) is 1. The van der Waals surface area contributed by atoms with E-state index >= 15 is 0 Å². The molecule has 23 heavy (non-hydrogen) atoms. The third kappa shape index (κ3) is 3.90. The summed E-state index contributed by atoms with van der Waals surface area (Å²) in [7, 11) is 2.44. The van der Waals surface area contributed by atoms with Gasteiger partial charge in [-0.05, 0) is 41.6 Å². The fourth-order valence-corrected chi connectivity index (χ4v) is 1.74. The maximum atomic E-state index is 11.7. The van der Waals surface area contributed by atoms with Gasteiger partial charge < -0.3 is 14.8 Å². The number of ether oxygens (including phenoxy) is 2. The molecule has 0 spiro atoms. The van der Waals surface area contributed by atoms with Gasteiger partial charge in [0, 0.05) is 5.69 Å². The first-order valence-electron chi connectivity index (χ1n) is 6.55. The minimum atomic E-state index is -0.684. The molecule has 1 heterocycles. The molecular weight excluding hydrogens is 302 g/mol. The maximum absolute atomic E-state index is 11.7. The number of anilines is 1. The number of hydrogen-bond donors (Lipinski definition) is 1. The molecule has 0 saturated carbocycles. The van der Waals surface area contributed by atoms with Crippen molar-refractivity contribution in [2.24, 2.45) is 0 Å². The van der Waals surface area contributed by atoms with Crippen LogP contribution in [-0.4, -0.2) is 46.4 Å². The van der Waals surface area contributed by atoms with Gasteiger partial charge in [0.1, 0.15) is 5.70 Å². The van der Waals surface area contributed by atoms with Crippen molar-refractivity contribution in [1.82, 2.24) is 20.2 Å². The average molecular weight is 317 g/mol. The smallest absolute Gasteiger partial charge is 0.354 e. The number of rotatable bonds is 5. The van der Waals surface area contributed by atoms with Crippen LogP contribution in [0.3, 0.4) is 0 Å². The molecule has 0 aliphatic carbocycles. The topological polar surface area (TPSA) is 108 Å². The highest BCUT2D eigenvalue weighted by atomic mass is 16.5. The Balaban J connectivity index is 2.21. The zero-order valence-electron chi connectivity index (χ0n) is 12.8. The van der Waals surface area contributed by atoms with Crippen molar-refractivity contribution in [2.45, 2.75) is 6.92 Å². The number of carbonyl (C=O) groups excluding carboxylic acids is 2. The predicted octanol–water partition coefficient (Wildman–Crippen LogP) is 0.613. The number of aryl methyl sites for hydroxylation is 1. The van der Waals surface area contributed by atoms with E-state index in [4.69, 9.17) is 0 Å². The van der Waals surface area contributed by atoms with Crippen molar-refractivity contribution < 1.29 is 19.1 Å². The second-order valence-corrected chi connectivity index (χ2v) is 4.38. The second-order valence-electron chi connectivity index (χ2n) is 4.38. The van der Waals surface area contributed by atoms with Gasteiger partial charge in [-0.3, -0.25) is 0 Å². The summed E-state index contributed by atoms with van der Waals surface area (Å²) in [6, 6.07) is 6.95. The first-order chi connectivity index (χ1) is 11.0. The van der Waals surface area contributed by atoms with E-state index in [1.54, 1.807) is 35.9 Å². The van der Waals surface area contributed by atoms with Gasteiger partial charge in [-0.25, -0.2) is 9.59 Å². The molecule has 0 saturated heterocycles. The van der Waals surface area contributed by atoms with Gasteiger partial charge in [0.15, 0.2) is 5.82 Å². The van der Waals surface area contributed by atoms with E-state index in [0.717, 1.165) is 11.8 Å². The van der Waals surface area contributed by atoms with Gasteiger partial charge in [0.2, 0.25) is 0 Å². The van der Waals surface area contributed by atoms with Gasteiger partial charge in [-0.2, -0.15) is 4.68 Å². The highest BCUT2D eigenvalue weighted by molar-refractivity contribution is 5.98. The first-order valence-corrected chi connectivity index (χ1v) is 6.55. The summed E-state index contributed by atoms with van der Waals surface area (Å²) < 4.78 is 10.7. The van der Waals surface area contributed by atoms with Crippen molar-refractivity contribution >= 4 is 17.6 Å². The summed E-state index contributed by atoms with van der Waals surface area (Å²) >= 11 is 0. The Hall–Kier alpha value is -3.23. The average Bonchev–Trinajstić information content (AvgIpc) is 3.00. The molecule has 2 aromatic rings. The zero-order valence-corrected chi connectivity index (χ0v) is 12.8. The van der Waals surface area contributed by atoms with Crippen LogP contribution in [0.5, 0.6) is 0 Å². The lowest BCUT2D eigenvalue weighted by Crippen LogP contribution is -2.15. The molecule has 1 N–H and O–H groups in total. The lowest BCUT2D eigenvalue weighted by atomic mass is 10.2. The SMILES string of the molecule is COC(=O)/C=C(/Nc1ccc(-n2nnnc2C)cc1)C(=O)OC. The molecule has 0 atom stereocenters. The van der Waals surface area contributed by atoms with E-state index in [2.05, 4.69) is 30.3 Å². The third-order valence-corrected chi connectivity index (χ3v) is 2.88. The van der Waals surface area contributed by atoms with Crippen molar-refractivity contribution in [1.29, 1.82) is 0 Å². The van der Waals surface area contributed by atoms with Crippen LogP contribution in [0, 0.1) is 6.92 Å². The Bertz CT molecular complexity index is 736. The zero-order chi connectivity index (χ0) is 16.8. The molecule has 0 aliphatic rings. The van der Waals surface area contributed by atoms with E-state index in [9.17, 15) is 9.59 Å². The lowest BCUT2D eigenvalue weighted by Gasteiger charge is -2.10. The van der Waals surface area contributed by atoms with Gasteiger partial charge in [-0.15, -0.1) is 5.10 Å². The standard InChI is InChI=1S/C14H15N5O4/c1-9-16-17-18-19(9)11-6-4-10(5-7-11)15-12(14(21)23-3)8-13(20)22-2/h4-8,15H,1-3H3/b12-8+. The summed E-state index contributed by atoms with van der Waals surface area (Å²) in [5, 5.41) is 14.0. The van der Waals surface area contributed by atoms with Crippen molar-refractivity contribution in [3.8, 4) is 5.69 Å². The summed E-state index contributed by atoms with van der Waals surface area (Å²) in [6.07, 6.45) is 1.02. The number of benzene rings is 1. The van der Waals surface area contributed by atoms with Crippen molar-refractivity contribution in [3.63, 3.8) is 0 Å². The summed E-state index contributed by atoms with van der Waals surface area (Å²) in [5.74, 6) is -0.707. The molecule has 2 rings (SSSR count). The Kier molecular flexibility index (Phi) is 5.03. The molecule has 9 heteroatoms. The number of hydrogen-bond acceptors (Lipinski definition) is 8. The summed E-state index contributed by atoms with van der Waals surface area (Å²) in [4.78, 5) is 23.0. The van der Waals surface area contributed by atoms with Crippen molar-refractivity contribution in [3.05, 3.63) is 41.9 Å². The molecule has 120 valence electrons.